The van der Waals surface area contributed by atoms with Crippen molar-refractivity contribution in [2.45, 2.75) is 6.92 Å². The van der Waals surface area contributed by atoms with Crippen molar-refractivity contribution in [3.63, 3.8) is 0 Å². The van der Waals surface area contributed by atoms with Crippen LogP contribution < -0.4 is 10.1 Å². The average molecular weight is 375 g/mol. The van der Waals surface area contributed by atoms with Gasteiger partial charge in [-0.25, -0.2) is 4.79 Å². The summed E-state index contributed by atoms with van der Waals surface area (Å²) in [4.78, 5) is 23.9. The van der Waals surface area contributed by atoms with Crippen LogP contribution in [0.5, 0.6) is 5.75 Å². The molecule has 0 atom stereocenters. The minimum atomic E-state index is -0.511. The Labute approximate surface area is 163 Å². The summed E-state index contributed by atoms with van der Waals surface area (Å²) in [5.74, 6) is -0.283. The van der Waals surface area contributed by atoms with Gasteiger partial charge >= 0.3 is 5.97 Å². The number of para-hydroxylation sites is 1. The van der Waals surface area contributed by atoms with Crippen LogP contribution in [0.3, 0.4) is 0 Å². The number of rotatable bonds is 6. The molecule has 3 rings (SSSR count). The van der Waals surface area contributed by atoms with Crippen molar-refractivity contribution < 1.29 is 19.1 Å². The molecule has 0 aromatic heterocycles. The Kier molecular flexibility index (Phi) is 6.07. The molecule has 142 valence electrons. The van der Waals surface area contributed by atoms with Crippen molar-refractivity contribution in [2.24, 2.45) is 0 Å². The molecule has 0 spiro atoms. The van der Waals surface area contributed by atoms with Crippen LogP contribution in [0.25, 0.3) is 11.1 Å². The largest absolute Gasteiger partial charge is 0.484 e. The van der Waals surface area contributed by atoms with E-state index in [1.807, 2.05) is 24.3 Å². The number of carbonyl (C=O) groups excluding carboxylic acids is 2. The third-order valence-electron chi connectivity index (χ3n) is 4.22. The number of hydrogen-bond donors (Lipinski definition) is 1. The zero-order chi connectivity index (χ0) is 19.9. The predicted molar refractivity (Wildman–Crippen MR) is 109 cm³/mol. The second-order valence-corrected chi connectivity index (χ2v) is 6.26. The lowest BCUT2D eigenvalue weighted by atomic mass is 10.0. The van der Waals surface area contributed by atoms with Crippen LogP contribution in [0.2, 0.25) is 0 Å². The molecule has 3 aromatic rings. The van der Waals surface area contributed by atoms with Crippen molar-refractivity contribution in [3.05, 3.63) is 83.9 Å². The van der Waals surface area contributed by atoms with E-state index in [4.69, 9.17) is 9.47 Å². The first-order chi connectivity index (χ1) is 13.6. The summed E-state index contributed by atoms with van der Waals surface area (Å²) in [5.41, 5.74) is 4.08. The van der Waals surface area contributed by atoms with E-state index in [1.54, 1.807) is 24.3 Å². The lowest BCUT2D eigenvalue weighted by Crippen LogP contribution is -2.21. The van der Waals surface area contributed by atoms with E-state index in [-0.39, 0.29) is 12.5 Å². The smallest absolute Gasteiger partial charge is 0.339 e. The van der Waals surface area contributed by atoms with Gasteiger partial charge in [0.15, 0.2) is 6.61 Å². The number of hydrogen-bond acceptors (Lipinski definition) is 4. The fraction of sp³-hybridized carbons (Fsp3) is 0.130. The highest BCUT2D eigenvalue weighted by Gasteiger charge is 2.13. The maximum Gasteiger partial charge on any atom is 0.339 e. The maximum atomic E-state index is 12.2. The number of anilines is 1. The van der Waals surface area contributed by atoms with E-state index in [0.29, 0.717) is 17.0 Å². The minimum Gasteiger partial charge on any atom is -0.484 e. The summed E-state index contributed by atoms with van der Waals surface area (Å²) in [5, 5.41) is 2.67. The molecule has 28 heavy (non-hydrogen) atoms. The third kappa shape index (κ3) is 4.76. The van der Waals surface area contributed by atoms with Crippen molar-refractivity contribution in [2.75, 3.05) is 19.0 Å². The van der Waals surface area contributed by atoms with Gasteiger partial charge in [-0.15, -0.1) is 0 Å². The molecular weight excluding hydrogens is 354 g/mol. The highest BCUT2D eigenvalue weighted by Crippen LogP contribution is 2.23. The van der Waals surface area contributed by atoms with Crippen molar-refractivity contribution in [3.8, 4) is 16.9 Å². The van der Waals surface area contributed by atoms with Gasteiger partial charge in [0.05, 0.1) is 18.4 Å². The molecule has 3 aromatic carbocycles. The van der Waals surface area contributed by atoms with Crippen molar-refractivity contribution >= 4 is 17.6 Å². The Hall–Kier alpha value is -3.60. The van der Waals surface area contributed by atoms with E-state index in [2.05, 4.69) is 36.5 Å². The second-order valence-electron chi connectivity index (χ2n) is 6.26. The Morgan fingerprint density at radius 3 is 2.11 bits per heavy atom. The van der Waals surface area contributed by atoms with E-state index in [1.165, 1.54) is 12.7 Å². The molecule has 0 heterocycles. The lowest BCUT2D eigenvalue weighted by molar-refractivity contribution is -0.118. The number of methoxy groups -OCH3 is 1. The molecule has 0 saturated heterocycles. The monoisotopic (exact) mass is 375 g/mol. The molecule has 0 unspecified atom stereocenters. The number of benzene rings is 3. The Balaban J connectivity index is 1.59. The van der Waals surface area contributed by atoms with E-state index in [0.717, 1.165) is 11.1 Å². The lowest BCUT2D eigenvalue weighted by Gasteiger charge is -2.11. The molecule has 5 heteroatoms. The van der Waals surface area contributed by atoms with Crippen LogP contribution in [-0.4, -0.2) is 25.6 Å². The summed E-state index contributed by atoms with van der Waals surface area (Å²) in [6, 6.07) is 22.5. The van der Waals surface area contributed by atoms with Gasteiger partial charge in [0.1, 0.15) is 5.75 Å². The van der Waals surface area contributed by atoms with Crippen molar-refractivity contribution in [1.82, 2.24) is 0 Å². The number of esters is 1. The molecule has 0 aliphatic rings. The summed E-state index contributed by atoms with van der Waals surface area (Å²) in [6.07, 6.45) is 0. The summed E-state index contributed by atoms with van der Waals surface area (Å²) >= 11 is 0. The van der Waals surface area contributed by atoms with Gasteiger partial charge in [-0.1, -0.05) is 54.1 Å². The number of carbonyl (C=O) groups is 2. The zero-order valence-electron chi connectivity index (χ0n) is 15.8. The Morgan fingerprint density at radius 1 is 0.857 bits per heavy atom. The number of aryl methyl sites for hydroxylation is 1. The van der Waals surface area contributed by atoms with Gasteiger partial charge in [0.2, 0.25) is 0 Å². The molecular formula is C23H21NO4. The molecule has 0 radical (unpaired) electrons. The topological polar surface area (TPSA) is 64.6 Å². The molecule has 0 bridgehead atoms. The van der Waals surface area contributed by atoms with E-state index >= 15 is 0 Å². The van der Waals surface area contributed by atoms with E-state index < -0.39 is 5.97 Å². The van der Waals surface area contributed by atoms with Gasteiger partial charge < -0.3 is 14.8 Å². The van der Waals surface area contributed by atoms with Gasteiger partial charge in [-0.3, -0.25) is 4.79 Å². The quantitative estimate of drug-likeness (QED) is 0.646. The van der Waals surface area contributed by atoms with Crippen LogP contribution in [0.4, 0.5) is 5.69 Å². The van der Waals surface area contributed by atoms with Crippen molar-refractivity contribution in [1.29, 1.82) is 0 Å². The maximum absolute atomic E-state index is 12.2. The highest BCUT2D eigenvalue weighted by atomic mass is 16.5. The summed E-state index contributed by atoms with van der Waals surface area (Å²) in [6.45, 7) is 1.88. The van der Waals surface area contributed by atoms with Gasteiger partial charge in [0, 0.05) is 0 Å². The zero-order valence-corrected chi connectivity index (χ0v) is 15.8. The second kappa shape index (κ2) is 8.86. The third-order valence-corrected chi connectivity index (χ3v) is 4.22. The predicted octanol–water partition coefficient (Wildman–Crippen LogP) is 4.47. The Bertz CT molecular complexity index is 963. The van der Waals surface area contributed by atoms with E-state index in [9.17, 15) is 9.59 Å². The summed E-state index contributed by atoms with van der Waals surface area (Å²) in [7, 11) is 1.30. The molecule has 0 aliphatic carbocycles. The van der Waals surface area contributed by atoms with Gasteiger partial charge in [-0.05, 0) is 42.3 Å². The van der Waals surface area contributed by atoms with Crippen LogP contribution in [0.15, 0.2) is 72.8 Å². The Morgan fingerprint density at radius 2 is 1.46 bits per heavy atom. The SMILES string of the molecule is COC(=O)c1ccccc1NC(=O)COc1ccc(-c2ccc(C)cc2)cc1. The first-order valence-corrected chi connectivity index (χ1v) is 8.84. The van der Waals surface area contributed by atoms with Gasteiger partial charge in [-0.2, -0.15) is 0 Å². The first-order valence-electron chi connectivity index (χ1n) is 8.84. The molecule has 1 N–H and O–H groups in total. The van der Waals surface area contributed by atoms with Crippen LogP contribution in [0, 0.1) is 6.92 Å². The fourth-order valence-corrected chi connectivity index (χ4v) is 2.70. The van der Waals surface area contributed by atoms with Crippen LogP contribution in [0.1, 0.15) is 15.9 Å². The number of amides is 1. The number of ether oxygens (including phenoxy) is 2. The molecule has 5 nitrogen and oxygen atoms in total. The van der Waals surface area contributed by atoms with Gasteiger partial charge in [0.25, 0.3) is 5.91 Å². The first kappa shape index (κ1) is 19.2. The molecule has 0 aliphatic heterocycles. The standard InChI is InChI=1S/C23H21NO4/c1-16-7-9-17(10-8-16)18-11-13-19(14-12-18)28-15-22(25)24-21-6-4-3-5-20(21)23(26)27-2/h3-14H,15H2,1-2H3,(H,24,25). The highest BCUT2D eigenvalue weighted by molar-refractivity contribution is 6.01. The molecule has 1 amide bonds. The number of nitrogens with one attached hydrogen (secondary N) is 1. The van der Waals surface area contributed by atoms with Crippen LogP contribution >= 0.6 is 0 Å². The summed E-state index contributed by atoms with van der Waals surface area (Å²) < 4.78 is 10.3. The minimum absolute atomic E-state index is 0.167. The molecule has 0 saturated carbocycles. The fourth-order valence-electron chi connectivity index (χ4n) is 2.70. The normalized spacial score (nSPS) is 10.2. The molecule has 0 fully saturated rings. The van der Waals surface area contributed by atoms with Crippen LogP contribution in [-0.2, 0) is 9.53 Å². The average Bonchev–Trinajstić information content (AvgIpc) is 2.73.